The van der Waals surface area contributed by atoms with E-state index in [0.29, 0.717) is 28.9 Å². The van der Waals surface area contributed by atoms with Gasteiger partial charge in [0.15, 0.2) is 0 Å². The Balaban J connectivity index is 1.37. The fraction of sp³-hybridized carbons (Fsp3) is 0.500. The Morgan fingerprint density at radius 1 is 1.03 bits per heavy atom. The van der Waals surface area contributed by atoms with Gasteiger partial charge in [0.2, 0.25) is 6.86 Å². The molecule has 2 heterocycles. The summed E-state index contributed by atoms with van der Waals surface area (Å²) in [4.78, 5) is 18.0. The molecule has 1 amide bonds. The minimum atomic E-state index is -2.81. The van der Waals surface area contributed by atoms with Crippen LogP contribution < -0.4 is 24.6 Å². The monoisotopic (exact) mass is 536 g/mol. The quantitative estimate of drug-likeness (QED) is 0.301. The van der Waals surface area contributed by atoms with Gasteiger partial charge in [-0.15, -0.1) is 0 Å². The first-order valence-corrected chi connectivity index (χ1v) is 13.3. The highest BCUT2D eigenvalue weighted by molar-refractivity contribution is 7.97. The summed E-state index contributed by atoms with van der Waals surface area (Å²) in [5.74, 6) is -2.98. The van der Waals surface area contributed by atoms with E-state index in [0.717, 1.165) is 36.5 Å². The lowest BCUT2D eigenvalue weighted by atomic mass is 9.93. The van der Waals surface area contributed by atoms with Gasteiger partial charge < -0.3 is 25.0 Å². The van der Waals surface area contributed by atoms with Crippen molar-refractivity contribution in [1.82, 2.24) is 4.72 Å². The van der Waals surface area contributed by atoms with E-state index in [1.807, 2.05) is 12.1 Å². The van der Waals surface area contributed by atoms with Gasteiger partial charge in [-0.05, 0) is 79.4 Å². The molecule has 11 heteroatoms. The number of nitrogens with zero attached hydrogens (tertiary/aromatic N) is 2. The maximum Gasteiger partial charge on any atom is 0.282 e. The average Bonchev–Trinajstić information content (AvgIpc) is 3.62. The van der Waals surface area contributed by atoms with E-state index in [2.05, 4.69) is 14.9 Å². The topological polar surface area (TPSA) is 77.1 Å². The number of anilines is 3. The maximum absolute atomic E-state index is 13.5. The Hall–Kier alpha value is -2.63. The number of carbonyl (C=O) groups excluding carboxylic acids is 1. The molecule has 7 nitrogen and oxygen atoms in total. The molecule has 2 aromatic carbocycles. The van der Waals surface area contributed by atoms with Gasteiger partial charge in [0.25, 0.3) is 11.8 Å². The molecule has 1 saturated carbocycles. The van der Waals surface area contributed by atoms with Gasteiger partial charge in [-0.2, -0.15) is 0 Å². The van der Waals surface area contributed by atoms with Crippen molar-refractivity contribution in [3.05, 3.63) is 42.0 Å². The van der Waals surface area contributed by atoms with Crippen LogP contribution in [0.2, 0.25) is 0 Å². The summed E-state index contributed by atoms with van der Waals surface area (Å²) < 4.78 is 47.9. The van der Waals surface area contributed by atoms with Gasteiger partial charge in [0.1, 0.15) is 5.75 Å². The minimum Gasteiger partial charge on any atom is -0.461 e. The minimum absolute atomic E-state index is 0.0285. The average molecular weight is 537 g/mol. The molecule has 0 bridgehead atoms. The number of benzene rings is 2. The zero-order chi connectivity index (χ0) is 26.0. The lowest BCUT2D eigenvalue weighted by Crippen LogP contribution is -2.56. The second-order valence-electron chi connectivity index (χ2n) is 9.99. The van der Waals surface area contributed by atoms with Gasteiger partial charge in [-0.3, -0.25) is 9.52 Å². The van der Waals surface area contributed by atoms with Crippen molar-refractivity contribution in [2.75, 3.05) is 61.3 Å². The molecular weight excluding hydrogens is 505 g/mol. The predicted octanol–water partition coefficient (Wildman–Crippen LogP) is 4.67. The van der Waals surface area contributed by atoms with E-state index < -0.39 is 25.9 Å². The highest BCUT2D eigenvalue weighted by atomic mass is 32.2. The molecule has 0 atom stereocenters. The SMILES string of the molecule is O=C(Nc1ccc(OCF)c(N2CC(F)(F)C2)c1)c1ccc(SNCCO)cc1N1CCC2(CC1)CC2. The number of hydrogen-bond acceptors (Lipinski definition) is 7. The van der Waals surface area contributed by atoms with Gasteiger partial charge in [0, 0.05) is 30.2 Å². The molecule has 200 valence electrons. The van der Waals surface area contributed by atoms with E-state index in [-0.39, 0.29) is 18.3 Å². The summed E-state index contributed by atoms with van der Waals surface area (Å²) in [6, 6.07) is 10.2. The van der Waals surface area contributed by atoms with Crippen LogP contribution in [0.4, 0.5) is 30.2 Å². The zero-order valence-electron chi connectivity index (χ0n) is 20.4. The number of alkyl halides is 3. The smallest absolute Gasteiger partial charge is 0.282 e. The van der Waals surface area contributed by atoms with Crippen LogP contribution in [0.1, 0.15) is 36.0 Å². The number of aliphatic hydroxyl groups is 1. The molecule has 5 rings (SSSR count). The summed E-state index contributed by atoms with van der Waals surface area (Å²) in [5.41, 5.74) is 2.56. The van der Waals surface area contributed by atoms with Crippen molar-refractivity contribution < 1.29 is 27.8 Å². The van der Waals surface area contributed by atoms with Crippen LogP contribution in [0.15, 0.2) is 41.3 Å². The molecule has 0 radical (unpaired) electrons. The van der Waals surface area contributed by atoms with Crippen LogP contribution in [0.5, 0.6) is 5.75 Å². The number of aliphatic hydroxyl groups excluding tert-OH is 1. The summed E-state index contributed by atoms with van der Waals surface area (Å²) in [7, 11) is 0. The molecule has 3 fully saturated rings. The first kappa shape index (κ1) is 26.0. The van der Waals surface area contributed by atoms with Crippen LogP contribution in [0, 0.1) is 5.41 Å². The first-order chi connectivity index (χ1) is 17.8. The van der Waals surface area contributed by atoms with E-state index in [1.165, 1.54) is 35.8 Å². The number of nitrogens with one attached hydrogen (secondary N) is 2. The summed E-state index contributed by atoms with van der Waals surface area (Å²) in [6.45, 7) is 0.167. The second-order valence-corrected chi connectivity index (χ2v) is 11.0. The Morgan fingerprint density at radius 3 is 2.43 bits per heavy atom. The number of piperidine rings is 1. The molecule has 1 spiro atoms. The van der Waals surface area contributed by atoms with Crippen LogP contribution in [0.25, 0.3) is 0 Å². The van der Waals surface area contributed by atoms with Crippen LogP contribution in [-0.4, -0.2) is 63.1 Å². The Bertz CT molecular complexity index is 1130. The van der Waals surface area contributed by atoms with Crippen LogP contribution in [-0.2, 0) is 0 Å². The fourth-order valence-electron chi connectivity index (χ4n) is 5.01. The normalized spacial score (nSPS) is 19.5. The third-order valence-corrected chi connectivity index (χ3v) is 8.19. The number of rotatable bonds is 10. The number of ether oxygens (including phenoxy) is 1. The maximum atomic E-state index is 13.5. The van der Waals surface area contributed by atoms with Gasteiger partial charge in [-0.1, -0.05) is 0 Å². The number of amides is 1. The Labute approximate surface area is 218 Å². The van der Waals surface area contributed by atoms with Crippen molar-refractivity contribution in [2.45, 2.75) is 36.5 Å². The van der Waals surface area contributed by atoms with E-state index in [1.54, 1.807) is 18.2 Å². The molecule has 1 aliphatic carbocycles. The molecule has 2 aliphatic heterocycles. The summed E-state index contributed by atoms with van der Waals surface area (Å²) in [5, 5.41) is 11.9. The largest absolute Gasteiger partial charge is 0.461 e. The molecule has 3 aliphatic rings. The molecule has 2 saturated heterocycles. The van der Waals surface area contributed by atoms with Crippen LogP contribution in [0.3, 0.4) is 0 Å². The lowest BCUT2D eigenvalue weighted by molar-refractivity contribution is -0.0265. The van der Waals surface area contributed by atoms with E-state index in [9.17, 15) is 18.0 Å². The number of hydrogen-bond donors (Lipinski definition) is 3. The fourth-order valence-corrected chi connectivity index (χ4v) is 5.68. The van der Waals surface area contributed by atoms with Gasteiger partial charge in [0.05, 0.1) is 36.6 Å². The number of carbonyl (C=O) groups is 1. The zero-order valence-corrected chi connectivity index (χ0v) is 21.3. The molecule has 2 aromatic rings. The molecular formula is C26H31F3N4O3S. The molecule has 3 N–H and O–H groups in total. The van der Waals surface area contributed by atoms with Crippen molar-refractivity contribution in [3.8, 4) is 5.75 Å². The standard InChI is InChI=1S/C26H31F3N4O3S/c27-17-36-23-4-1-18(13-22(23)33-15-26(28,29)16-33)31-24(35)20-3-2-19(37-30-9-12-34)14-21(20)32-10-7-25(5-6-25)8-11-32/h1-4,13-14,30,34H,5-12,15-17H2,(H,31,35). The van der Waals surface area contributed by atoms with E-state index >= 15 is 0 Å². The van der Waals surface area contributed by atoms with Crippen LogP contribution >= 0.6 is 11.9 Å². The third kappa shape index (κ3) is 5.94. The van der Waals surface area contributed by atoms with Crippen molar-refractivity contribution >= 4 is 34.9 Å². The predicted molar refractivity (Wildman–Crippen MR) is 139 cm³/mol. The van der Waals surface area contributed by atoms with Gasteiger partial charge in [-0.25, -0.2) is 13.2 Å². The van der Waals surface area contributed by atoms with Gasteiger partial charge >= 0.3 is 0 Å². The highest BCUT2D eigenvalue weighted by Gasteiger charge is 2.45. The molecule has 0 unspecified atom stereocenters. The van der Waals surface area contributed by atoms with Crippen molar-refractivity contribution in [3.63, 3.8) is 0 Å². The molecule has 0 aromatic heterocycles. The Kier molecular flexibility index (Phi) is 7.46. The second kappa shape index (κ2) is 10.6. The highest BCUT2D eigenvalue weighted by Crippen LogP contribution is 2.54. The van der Waals surface area contributed by atoms with E-state index in [4.69, 9.17) is 9.84 Å². The summed E-state index contributed by atoms with van der Waals surface area (Å²) in [6.07, 6.45) is 4.77. The third-order valence-electron chi connectivity index (χ3n) is 7.35. The van der Waals surface area contributed by atoms with Crippen molar-refractivity contribution in [1.29, 1.82) is 0 Å². The summed E-state index contributed by atoms with van der Waals surface area (Å²) >= 11 is 1.40. The number of halogens is 3. The Morgan fingerprint density at radius 2 is 1.78 bits per heavy atom. The molecule has 37 heavy (non-hydrogen) atoms. The first-order valence-electron chi connectivity index (χ1n) is 12.5. The van der Waals surface area contributed by atoms with Crippen molar-refractivity contribution in [2.24, 2.45) is 5.41 Å². The lowest BCUT2D eigenvalue weighted by Gasteiger charge is -2.41.